The van der Waals surface area contributed by atoms with Crippen molar-refractivity contribution in [3.05, 3.63) is 40.7 Å². The van der Waals surface area contributed by atoms with Gasteiger partial charge in [-0.2, -0.15) is 0 Å². The van der Waals surface area contributed by atoms with Crippen molar-refractivity contribution in [2.45, 2.75) is 13.3 Å². The van der Waals surface area contributed by atoms with Crippen molar-refractivity contribution in [2.24, 2.45) is 5.73 Å². The minimum absolute atomic E-state index is 0.576. The van der Waals surface area contributed by atoms with Gasteiger partial charge < -0.3 is 5.73 Å². The molecule has 84 valence electrons. The third-order valence-electron chi connectivity index (χ3n) is 2.42. The summed E-state index contributed by atoms with van der Waals surface area (Å²) >= 11 is 6.07. The average Bonchev–Trinajstić information content (AvgIpc) is 2.71. The molecular weight excluding hydrogens is 224 g/mol. The van der Waals surface area contributed by atoms with Gasteiger partial charge >= 0.3 is 0 Å². The summed E-state index contributed by atoms with van der Waals surface area (Å²) in [4.78, 5) is 0. The highest BCUT2D eigenvalue weighted by atomic mass is 35.5. The van der Waals surface area contributed by atoms with Crippen LogP contribution < -0.4 is 5.73 Å². The highest BCUT2D eigenvalue weighted by Gasteiger charge is 2.06. The Bertz CT molecular complexity index is 492. The third-order valence-corrected chi connectivity index (χ3v) is 2.83. The Kier molecular flexibility index (Phi) is 3.22. The molecule has 2 rings (SSSR count). The van der Waals surface area contributed by atoms with E-state index < -0.39 is 0 Å². The minimum Gasteiger partial charge on any atom is -0.330 e. The number of rotatable bonds is 3. The van der Waals surface area contributed by atoms with Gasteiger partial charge in [-0.25, -0.2) is 4.68 Å². The number of nitrogens with zero attached hydrogens (tertiary/aromatic N) is 3. The number of aryl methyl sites for hydroxylation is 1. The quantitative estimate of drug-likeness (QED) is 0.883. The molecule has 0 bridgehead atoms. The summed E-state index contributed by atoms with van der Waals surface area (Å²) in [5, 5.41) is 8.64. The molecular formula is C11H13ClN4. The molecule has 16 heavy (non-hydrogen) atoms. The van der Waals surface area contributed by atoms with Gasteiger partial charge in [0.15, 0.2) is 0 Å². The molecule has 4 nitrogen and oxygen atoms in total. The molecule has 0 aliphatic rings. The van der Waals surface area contributed by atoms with Crippen LogP contribution >= 0.6 is 11.6 Å². The summed E-state index contributed by atoms with van der Waals surface area (Å²) in [6.07, 6.45) is 2.47. The highest BCUT2D eigenvalue weighted by Crippen LogP contribution is 2.19. The predicted molar refractivity (Wildman–Crippen MR) is 63.9 cm³/mol. The lowest BCUT2D eigenvalue weighted by atomic mass is 10.2. The Morgan fingerprint density at radius 2 is 2.25 bits per heavy atom. The second-order valence-electron chi connectivity index (χ2n) is 3.61. The molecule has 0 spiro atoms. The fraction of sp³-hybridized carbons (Fsp3) is 0.273. The SMILES string of the molecule is Cc1ccc(-n2nncc2CCN)cc1Cl. The molecule has 0 aliphatic heterocycles. The maximum atomic E-state index is 6.07. The van der Waals surface area contributed by atoms with E-state index in [0.29, 0.717) is 6.54 Å². The van der Waals surface area contributed by atoms with Crippen molar-refractivity contribution < 1.29 is 0 Å². The second kappa shape index (κ2) is 4.63. The molecule has 0 saturated heterocycles. The van der Waals surface area contributed by atoms with Crippen molar-refractivity contribution in [2.75, 3.05) is 6.54 Å². The normalized spacial score (nSPS) is 10.7. The fourth-order valence-corrected chi connectivity index (χ4v) is 1.68. The molecule has 0 amide bonds. The molecule has 0 radical (unpaired) electrons. The first-order valence-corrected chi connectivity index (χ1v) is 5.46. The maximum absolute atomic E-state index is 6.07. The first-order chi connectivity index (χ1) is 7.72. The van der Waals surface area contributed by atoms with Crippen LogP contribution in [0.15, 0.2) is 24.4 Å². The Hall–Kier alpha value is -1.39. The van der Waals surface area contributed by atoms with Gasteiger partial charge in [0.1, 0.15) is 0 Å². The summed E-state index contributed by atoms with van der Waals surface area (Å²) in [5.74, 6) is 0. The van der Waals surface area contributed by atoms with E-state index >= 15 is 0 Å². The molecule has 1 aromatic carbocycles. The zero-order valence-electron chi connectivity index (χ0n) is 9.02. The van der Waals surface area contributed by atoms with Crippen molar-refractivity contribution in [1.29, 1.82) is 0 Å². The van der Waals surface area contributed by atoms with Gasteiger partial charge in [0.2, 0.25) is 0 Å². The van der Waals surface area contributed by atoms with Crippen LogP contribution in [0.25, 0.3) is 5.69 Å². The molecule has 0 aliphatic carbocycles. The Morgan fingerprint density at radius 1 is 1.44 bits per heavy atom. The Balaban J connectivity index is 2.42. The van der Waals surface area contributed by atoms with E-state index in [-0.39, 0.29) is 0 Å². The van der Waals surface area contributed by atoms with Gasteiger partial charge in [-0.05, 0) is 31.2 Å². The van der Waals surface area contributed by atoms with Crippen LogP contribution in [0.3, 0.4) is 0 Å². The van der Waals surface area contributed by atoms with Crippen LogP contribution in [-0.2, 0) is 6.42 Å². The molecule has 1 heterocycles. The van der Waals surface area contributed by atoms with Crippen molar-refractivity contribution in [3.8, 4) is 5.69 Å². The lowest BCUT2D eigenvalue weighted by Gasteiger charge is -2.06. The third kappa shape index (κ3) is 2.08. The first-order valence-electron chi connectivity index (χ1n) is 5.08. The van der Waals surface area contributed by atoms with Gasteiger partial charge in [0.25, 0.3) is 0 Å². The fourth-order valence-electron chi connectivity index (χ4n) is 1.51. The summed E-state index contributed by atoms with van der Waals surface area (Å²) in [6, 6.07) is 5.81. The topological polar surface area (TPSA) is 56.7 Å². The molecule has 2 N–H and O–H groups in total. The minimum atomic E-state index is 0.576. The van der Waals surface area contributed by atoms with Gasteiger partial charge in [-0.3, -0.25) is 0 Å². The van der Waals surface area contributed by atoms with Crippen LogP contribution in [0.4, 0.5) is 0 Å². The number of nitrogens with two attached hydrogens (primary N) is 1. The van der Waals surface area contributed by atoms with E-state index in [1.165, 1.54) is 0 Å². The largest absolute Gasteiger partial charge is 0.330 e. The molecule has 0 saturated carbocycles. The zero-order chi connectivity index (χ0) is 11.5. The van der Waals surface area contributed by atoms with Gasteiger partial charge in [-0.15, -0.1) is 5.10 Å². The molecule has 2 aromatic rings. The summed E-state index contributed by atoms with van der Waals surface area (Å²) in [7, 11) is 0. The van der Waals surface area contributed by atoms with E-state index in [4.69, 9.17) is 17.3 Å². The first kappa shape index (κ1) is 11.1. The van der Waals surface area contributed by atoms with Crippen LogP contribution in [-0.4, -0.2) is 21.5 Å². The zero-order valence-corrected chi connectivity index (χ0v) is 9.78. The van der Waals surface area contributed by atoms with E-state index in [0.717, 1.165) is 28.4 Å². The predicted octanol–water partition coefficient (Wildman–Crippen LogP) is 1.73. The Morgan fingerprint density at radius 3 is 2.94 bits per heavy atom. The van der Waals surface area contributed by atoms with E-state index in [2.05, 4.69) is 10.3 Å². The lowest BCUT2D eigenvalue weighted by molar-refractivity contribution is 0.755. The number of benzene rings is 1. The smallest absolute Gasteiger partial charge is 0.0730 e. The van der Waals surface area contributed by atoms with Crippen LogP contribution in [0.5, 0.6) is 0 Å². The lowest BCUT2D eigenvalue weighted by Crippen LogP contribution is -2.08. The van der Waals surface area contributed by atoms with E-state index in [1.54, 1.807) is 10.9 Å². The number of aromatic nitrogens is 3. The van der Waals surface area contributed by atoms with Crippen LogP contribution in [0.2, 0.25) is 5.02 Å². The standard InChI is InChI=1S/C11H13ClN4/c1-8-2-3-9(6-11(8)12)16-10(4-5-13)7-14-15-16/h2-3,6-7H,4-5,13H2,1H3. The van der Waals surface area contributed by atoms with Gasteiger partial charge in [0.05, 0.1) is 17.6 Å². The number of halogens is 1. The molecule has 0 unspecified atom stereocenters. The monoisotopic (exact) mass is 236 g/mol. The van der Waals surface area contributed by atoms with Crippen molar-refractivity contribution in [3.63, 3.8) is 0 Å². The number of hydrogen-bond donors (Lipinski definition) is 1. The van der Waals surface area contributed by atoms with E-state index in [9.17, 15) is 0 Å². The summed E-state index contributed by atoms with van der Waals surface area (Å²) in [6.45, 7) is 2.54. The van der Waals surface area contributed by atoms with Gasteiger partial charge in [0, 0.05) is 11.4 Å². The maximum Gasteiger partial charge on any atom is 0.0730 e. The van der Waals surface area contributed by atoms with E-state index in [1.807, 2.05) is 25.1 Å². The second-order valence-corrected chi connectivity index (χ2v) is 4.02. The molecule has 0 fully saturated rings. The molecule has 0 atom stereocenters. The summed E-state index contributed by atoms with van der Waals surface area (Å²) < 4.78 is 1.76. The Labute approximate surface area is 99.0 Å². The van der Waals surface area contributed by atoms with Crippen molar-refractivity contribution >= 4 is 11.6 Å². The van der Waals surface area contributed by atoms with Crippen molar-refractivity contribution in [1.82, 2.24) is 15.0 Å². The van der Waals surface area contributed by atoms with Crippen LogP contribution in [0, 0.1) is 6.92 Å². The molecule has 1 aromatic heterocycles. The van der Waals surface area contributed by atoms with Gasteiger partial charge in [-0.1, -0.05) is 22.9 Å². The van der Waals surface area contributed by atoms with Crippen LogP contribution in [0.1, 0.15) is 11.3 Å². The highest BCUT2D eigenvalue weighted by molar-refractivity contribution is 6.31. The molecule has 5 heteroatoms. The average molecular weight is 237 g/mol. The number of hydrogen-bond acceptors (Lipinski definition) is 3. The summed E-state index contributed by atoms with van der Waals surface area (Å²) in [5.41, 5.74) is 8.47.